The van der Waals surface area contributed by atoms with Gasteiger partial charge in [0.15, 0.2) is 5.16 Å². The number of aromatic nitrogens is 2. The molecule has 32 heavy (non-hydrogen) atoms. The van der Waals surface area contributed by atoms with Crippen molar-refractivity contribution < 1.29 is 9.59 Å². The van der Waals surface area contributed by atoms with Crippen LogP contribution in [0.25, 0.3) is 11.0 Å². The number of hydrogen-bond donors (Lipinski definition) is 3. The number of hydrogen-bond acceptors (Lipinski definition) is 4. The van der Waals surface area contributed by atoms with E-state index in [1.807, 2.05) is 42.5 Å². The molecule has 0 bridgehead atoms. The van der Waals surface area contributed by atoms with Crippen LogP contribution in [0.3, 0.4) is 0 Å². The van der Waals surface area contributed by atoms with Crippen molar-refractivity contribution >= 4 is 51.8 Å². The summed E-state index contributed by atoms with van der Waals surface area (Å²) in [5.74, 6) is 0.0887. The first kappa shape index (κ1) is 21.5. The lowest BCUT2D eigenvalue weighted by Crippen LogP contribution is -2.19. The van der Waals surface area contributed by atoms with E-state index in [2.05, 4.69) is 32.4 Å². The predicted molar refractivity (Wildman–Crippen MR) is 130 cm³/mol. The second kappa shape index (κ2) is 10.0. The molecule has 0 unspecified atom stereocenters. The van der Waals surface area contributed by atoms with Gasteiger partial charge in [0, 0.05) is 23.6 Å². The number of aryl methyl sites for hydroxylation is 1. The van der Waals surface area contributed by atoms with Crippen LogP contribution >= 0.6 is 11.8 Å². The van der Waals surface area contributed by atoms with Crippen molar-refractivity contribution in [1.29, 1.82) is 0 Å². The molecule has 0 saturated heterocycles. The molecule has 0 fully saturated rings. The van der Waals surface area contributed by atoms with E-state index in [1.165, 1.54) is 11.8 Å². The highest BCUT2D eigenvalue weighted by atomic mass is 32.2. The molecular weight excluding hydrogens is 422 g/mol. The Balaban J connectivity index is 1.34. The molecule has 0 aliphatic heterocycles. The van der Waals surface area contributed by atoms with Gasteiger partial charge in [0.25, 0.3) is 0 Å². The number of amides is 3. The van der Waals surface area contributed by atoms with Gasteiger partial charge in [-0.3, -0.25) is 4.79 Å². The maximum absolute atomic E-state index is 12.5. The van der Waals surface area contributed by atoms with Crippen LogP contribution in [0.2, 0.25) is 0 Å². The van der Waals surface area contributed by atoms with Gasteiger partial charge < -0.3 is 20.5 Å². The molecule has 8 heteroatoms. The fourth-order valence-electron chi connectivity index (χ4n) is 3.29. The smallest absolute Gasteiger partial charge is 0.323 e. The Hall–Kier alpha value is -3.78. The number of anilines is 3. The SMILES string of the molecule is CCn1c(SCC(=O)Nc2cccc(NC(=O)Nc3ccccc3)c2)nc2ccccc21. The maximum Gasteiger partial charge on any atom is 0.323 e. The summed E-state index contributed by atoms with van der Waals surface area (Å²) in [4.78, 5) is 29.3. The fourth-order valence-corrected chi connectivity index (χ4v) is 4.16. The van der Waals surface area contributed by atoms with Crippen molar-refractivity contribution in [2.24, 2.45) is 0 Å². The highest BCUT2D eigenvalue weighted by Crippen LogP contribution is 2.24. The third-order valence-corrected chi connectivity index (χ3v) is 5.68. The van der Waals surface area contributed by atoms with Crippen LogP contribution in [0.15, 0.2) is 84.0 Å². The van der Waals surface area contributed by atoms with Crippen LogP contribution in [-0.4, -0.2) is 27.2 Å². The summed E-state index contributed by atoms with van der Waals surface area (Å²) in [6.07, 6.45) is 0. The van der Waals surface area contributed by atoms with Gasteiger partial charge in [-0.2, -0.15) is 0 Å². The largest absolute Gasteiger partial charge is 0.325 e. The molecule has 3 amide bonds. The Bertz CT molecular complexity index is 1240. The predicted octanol–water partition coefficient (Wildman–Crippen LogP) is 5.43. The Morgan fingerprint density at radius 2 is 1.50 bits per heavy atom. The number of nitrogens with zero attached hydrogens (tertiary/aromatic N) is 2. The van der Waals surface area contributed by atoms with Crippen molar-refractivity contribution in [3.63, 3.8) is 0 Å². The average molecular weight is 446 g/mol. The van der Waals surface area contributed by atoms with Gasteiger partial charge in [0.2, 0.25) is 5.91 Å². The van der Waals surface area contributed by atoms with Gasteiger partial charge in [-0.05, 0) is 49.4 Å². The number of nitrogens with one attached hydrogen (secondary N) is 3. The van der Waals surface area contributed by atoms with E-state index in [9.17, 15) is 9.59 Å². The highest BCUT2D eigenvalue weighted by molar-refractivity contribution is 7.99. The second-order valence-electron chi connectivity index (χ2n) is 6.99. The van der Waals surface area contributed by atoms with Gasteiger partial charge >= 0.3 is 6.03 Å². The van der Waals surface area contributed by atoms with Crippen LogP contribution in [0.4, 0.5) is 21.9 Å². The Kier molecular flexibility index (Phi) is 6.72. The van der Waals surface area contributed by atoms with Gasteiger partial charge in [-0.15, -0.1) is 0 Å². The van der Waals surface area contributed by atoms with Crippen LogP contribution in [0, 0.1) is 0 Å². The summed E-state index contributed by atoms with van der Waals surface area (Å²) in [6.45, 7) is 2.84. The lowest BCUT2D eigenvalue weighted by molar-refractivity contribution is -0.113. The minimum Gasteiger partial charge on any atom is -0.325 e. The summed E-state index contributed by atoms with van der Waals surface area (Å²) in [5.41, 5.74) is 3.87. The highest BCUT2D eigenvalue weighted by Gasteiger charge is 2.12. The summed E-state index contributed by atoms with van der Waals surface area (Å²) in [5, 5.41) is 9.23. The van der Waals surface area contributed by atoms with E-state index in [0.717, 1.165) is 22.7 Å². The molecule has 0 atom stereocenters. The van der Waals surface area contributed by atoms with E-state index in [-0.39, 0.29) is 17.7 Å². The average Bonchev–Trinajstić information content (AvgIpc) is 3.16. The Morgan fingerprint density at radius 3 is 2.28 bits per heavy atom. The van der Waals surface area contributed by atoms with Crippen molar-refractivity contribution in [2.75, 3.05) is 21.7 Å². The number of thioether (sulfide) groups is 1. The number of benzene rings is 3. The van der Waals surface area contributed by atoms with E-state index in [1.54, 1.807) is 36.4 Å². The monoisotopic (exact) mass is 445 g/mol. The number of carbonyl (C=O) groups excluding carboxylic acids is 2. The maximum atomic E-state index is 12.5. The topological polar surface area (TPSA) is 88.0 Å². The molecule has 3 aromatic carbocycles. The van der Waals surface area contributed by atoms with Crippen LogP contribution in [0.1, 0.15) is 6.92 Å². The molecule has 7 nitrogen and oxygen atoms in total. The lowest BCUT2D eigenvalue weighted by atomic mass is 10.2. The molecule has 3 N–H and O–H groups in total. The molecule has 0 aliphatic carbocycles. The van der Waals surface area contributed by atoms with E-state index < -0.39 is 0 Å². The number of carbonyl (C=O) groups is 2. The normalized spacial score (nSPS) is 10.7. The molecule has 0 radical (unpaired) electrons. The van der Waals surface area contributed by atoms with E-state index in [4.69, 9.17) is 0 Å². The fraction of sp³-hybridized carbons (Fsp3) is 0.125. The molecule has 1 aromatic heterocycles. The molecule has 4 rings (SSSR count). The van der Waals surface area contributed by atoms with Crippen LogP contribution in [-0.2, 0) is 11.3 Å². The van der Waals surface area contributed by atoms with E-state index >= 15 is 0 Å². The Labute approximate surface area is 190 Å². The third kappa shape index (κ3) is 5.28. The zero-order valence-electron chi connectivity index (χ0n) is 17.5. The number of urea groups is 1. The van der Waals surface area contributed by atoms with Crippen molar-refractivity contribution in [2.45, 2.75) is 18.6 Å². The minimum atomic E-state index is -0.353. The summed E-state index contributed by atoms with van der Waals surface area (Å²) in [7, 11) is 0. The summed E-state index contributed by atoms with van der Waals surface area (Å²) in [6, 6.07) is 23.8. The molecule has 0 aliphatic rings. The lowest BCUT2D eigenvalue weighted by Gasteiger charge is -2.10. The zero-order chi connectivity index (χ0) is 22.3. The van der Waals surface area contributed by atoms with Crippen LogP contribution < -0.4 is 16.0 Å². The Morgan fingerprint density at radius 1 is 0.844 bits per heavy atom. The summed E-state index contributed by atoms with van der Waals surface area (Å²) >= 11 is 1.40. The quantitative estimate of drug-likeness (QED) is 0.331. The first-order valence-corrected chi connectivity index (χ1v) is 11.2. The first-order chi connectivity index (χ1) is 15.6. The van der Waals surface area contributed by atoms with Crippen molar-refractivity contribution in [1.82, 2.24) is 9.55 Å². The van der Waals surface area contributed by atoms with Crippen molar-refractivity contribution in [3.8, 4) is 0 Å². The van der Waals surface area contributed by atoms with Gasteiger partial charge in [0.1, 0.15) is 0 Å². The van der Waals surface area contributed by atoms with Gasteiger partial charge in [0.05, 0.1) is 16.8 Å². The summed E-state index contributed by atoms with van der Waals surface area (Å²) < 4.78 is 2.10. The van der Waals surface area contributed by atoms with Crippen LogP contribution in [0.5, 0.6) is 0 Å². The number of fused-ring (bicyclic) bond motifs is 1. The molecule has 0 saturated carbocycles. The standard InChI is InChI=1S/C24H23N5O2S/c1-2-29-21-14-7-6-13-20(21)28-24(29)32-16-22(30)25-18-11-8-12-19(15-18)27-23(31)26-17-9-4-3-5-10-17/h3-15H,2,16H2,1H3,(H,25,30)(H2,26,27,31). The number of imidazole rings is 1. The first-order valence-electron chi connectivity index (χ1n) is 10.2. The molecule has 162 valence electrons. The second-order valence-corrected chi connectivity index (χ2v) is 7.93. The van der Waals surface area contributed by atoms with Gasteiger partial charge in [-0.25, -0.2) is 9.78 Å². The zero-order valence-corrected chi connectivity index (χ0v) is 18.4. The molecule has 1 heterocycles. The molecular formula is C24H23N5O2S. The van der Waals surface area contributed by atoms with Gasteiger partial charge in [-0.1, -0.05) is 48.2 Å². The third-order valence-electron chi connectivity index (χ3n) is 4.70. The minimum absolute atomic E-state index is 0.143. The number of para-hydroxylation sites is 3. The number of rotatable bonds is 7. The molecule has 0 spiro atoms. The van der Waals surface area contributed by atoms with E-state index in [0.29, 0.717) is 17.1 Å². The van der Waals surface area contributed by atoms with Crippen molar-refractivity contribution in [3.05, 3.63) is 78.9 Å². The molecule has 4 aromatic rings.